The van der Waals surface area contributed by atoms with Gasteiger partial charge < -0.3 is 5.11 Å². The van der Waals surface area contributed by atoms with Gasteiger partial charge in [0.05, 0.1) is 11.3 Å². The van der Waals surface area contributed by atoms with E-state index in [1.807, 2.05) is 0 Å². The van der Waals surface area contributed by atoms with E-state index in [-0.39, 0.29) is 17.9 Å². The van der Waals surface area contributed by atoms with Crippen LogP contribution in [0.2, 0.25) is 0 Å². The van der Waals surface area contributed by atoms with Crippen molar-refractivity contribution in [3.05, 3.63) is 29.8 Å². The maximum atomic E-state index is 12.7. The SMILES string of the molecule is O=C(NNc1ccccc1C(F)(F)F)C1(O)CCSC1. The van der Waals surface area contributed by atoms with E-state index < -0.39 is 23.2 Å². The third kappa shape index (κ3) is 3.18. The van der Waals surface area contributed by atoms with Gasteiger partial charge in [0.1, 0.15) is 0 Å². The predicted molar refractivity (Wildman–Crippen MR) is 70.1 cm³/mol. The summed E-state index contributed by atoms with van der Waals surface area (Å²) >= 11 is 1.42. The fourth-order valence-electron chi connectivity index (χ4n) is 1.81. The predicted octanol–water partition coefficient (Wildman–Crippen LogP) is 2.02. The van der Waals surface area contributed by atoms with Crippen LogP contribution in [0.5, 0.6) is 0 Å². The Balaban J connectivity index is 2.06. The molecule has 1 aromatic carbocycles. The average Bonchev–Trinajstić information content (AvgIpc) is 2.83. The number of hydrogen-bond acceptors (Lipinski definition) is 4. The molecule has 0 bridgehead atoms. The van der Waals surface area contributed by atoms with Gasteiger partial charge >= 0.3 is 6.18 Å². The number of thioether (sulfide) groups is 1. The Morgan fingerprint density at radius 1 is 1.35 bits per heavy atom. The van der Waals surface area contributed by atoms with Crippen molar-refractivity contribution in [1.82, 2.24) is 5.43 Å². The lowest BCUT2D eigenvalue weighted by atomic mass is 10.0. The van der Waals surface area contributed by atoms with Crippen molar-refractivity contribution in [1.29, 1.82) is 0 Å². The summed E-state index contributed by atoms with van der Waals surface area (Å²) in [6.07, 6.45) is -4.24. The molecular formula is C12H13F3N2O2S. The Kier molecular flexibility index (Phi) is 4.14. The molecule has 20 heavy (non-hydrogen) atoms. The lowest BCUT2D eigenvalue weighted by molar-refractivity contribution is -0.138. The number of hydrazine groups is 1. The van der Waals surface area contributed by atoms with Crippen LogP contribution >= 0.6 is 11.8 Å². The molecule has 8 heteroatoms. The van der Waals surface area contributed by atoms with Gasteiger partial charge in [-0.25, -0.2) is 0 Å². The molecule has 1 aliphatic heterocycles. The van der Waals surface area contributed by atoms with Crippen LogP contribution in [0, 0.1) is 0 Å². The van der Waals surface area contributed by atoms with Crippen LogP contribution in [-0.2, 0) is 11.0 Å². The first-order valence-corrected chi connectivity index (χ1v) is 7.01. The van der Waals surface area contributed by atoms with E-state index in [2.05, 4.69) is 10.9 Å². The van der Waals surface area contributed by atoms with Crippen LogP contribution in [-0.4, -0.2) is 28.1 Å². The molecule has 3 N–H and O–H groups in total. The number of rotatable bonds is 3. The summed E-state index contributed by atoms with van der Waals surface area (Å²) in [7, 11) is 0. The minimum atomic E-state index is -4.52. The van der Waals surface area contributed by atoms with E-state index >= 15 is 0 Å². The molecule has 1 heterocycles. The quantitative estimate of drug-likeness (QED) is 0.748. The fraction of sp³-hybridized carbons (Fsp3) is 0.417. The summed E-state index contributed by atoms with van der Waals surface area (Å²) < 4.78 is 38.2. The molecule has 1 fully saturated rings. The number of hydrogen-bond donors (Lipinski definition) is 3. The van der Waals surface area contributed by atoms with Gasteiger partial charge in [-0.2, -0.15) is 24.9 Å². The number of aliphatic hydroxyl groups is 1. The molecule has 0 radical (unpaired) electrons. The molecule has 0 spiro atoms. The Hall–Kier alpha value is -1.41. The number of alkyl halides is 3. The lowest BCUT2D eigenvalue weighted by Crippen LogP contribution is -2.49. The molecule has 0 aromatic heterocycles. The van der Waals surface area contributed by atoms with Crippen LogP contribution in [0.15, 0.2) is 24.3 Å². The number of nitrogens with one attached hydrogen (secondary N) is 2. The number of carbonyl (C=O) groups is 1. The summed E-state index contributed by atoms with van der Waals surface area (Å²) in [4.78, 5) is 11.8. The highest BCUT2D eigenvalue weighted by Gasteiger charge is 2.40. The second kappa shape index (κ2) is 5.53. The fourth-order valence-corrected chi connectivity index (χ4v) is 3.05. The molecule has 1 unspecified atom stereocenters. The van der Waals surface area contributed by atoms with Gasteiger partial charge in [0, 0.05) is 5.75 Å². The lowest BCUT2D eigenvalue weighted by Gasteiger charge is -2.22. The van der Waals surface area contributed by atoms with E-state index in [9.17, 15) is 23.1 Å². The number of para-hydroxylation sites is 1. The molecule has 4 nitrogen and oxygen atoms in total. The van der Waals surface area contributed by atoms with Crippen molar-refractivity contribution in [2.75, 3.05) is 16.9 Å². The van der Waals surface area contributed by atoms with E-state index in [0.717, 1.165) is 6.07 Å². The van der Waals surface area contributed by atoms with Crippen LogP contribution < -0.4 is 10.9 Å². The number of halogens is 3. The molecule has 1 amide bonds. The summed E-state index contributed by atoms with van der Waals surface area (Å²) in [5, 5.41) is 9.97. The monoisotopic (exact) mass is 306 g/mol. The Morgan fingerprint density at radius 3 is 2.65 bits per heavy atom. The standard InChI is InChI=1S/C12H13F3N2O2S/c13-12(14,15)8-3-1-2-4-9(8)16-17-10(18)11(19)5-6-20-7-11/h1-4,16,19H,5-7H2,(H,17,18). The minimum absolute atomic E-state index is 0.238. The zero-order valence-corrected chi connectivity index (χ0v) is 11.1. The van der Waals surface area contributed by atoms with Crippen molar-refractivity contribution < 1.29 is 23.1 Å². The molecule has 0 aliphatic carbocycles. The first-order valence-electron chi connectivity index (χ1n) is 5.86. The molecule has 1 aromatic rings. The first-order chi connectivity index (χ1) is 9.33. The molecule has 1 saturated heterocycles. The van der Waals surface area contributed by atoms with E-state index in [4.69, 9.17) is 0 Å². The van der Waals surface area contributed by atoms with Crippen molar-refractivity contribution in [3.8, 4) is 0 Å². The smallest absolute Gasteiger partial charge is 0.379 e. The third-order valence-electron chi connectivity index (χ3n) is 2.97. The number of anilines is 1. The van der Waals surface area contributed by atoms with Crippen molar-refractivity contribution in [2.24, 2.45) is 0 Å². The summed E-state index contributed by atoms with van der Waals surface area (Å²) in [6.45, 7) is 0. The normalized spacial score (nSPS) is 22.6. The minimum Gasteiger partial charge on any atom is -0.379 e. The second-order valence-electron chi connectivity index (χ2n) is 4.46. The van der Waals surface area contributed by atoms with Crippen LogP contribution in [0.4, 0.5) is 18.9 Å². The molecule has 110 valence electrons. The molecule has 1 aliphatic rings. The van der Waals surface area contributed by atoms with Gasteiger partial charge in [-0.3, -0.25) is 15.6 Å². The maximum absolute atomic E-state index is 12.7. The van der Waals surface area contributed by atoms with Gasteiger partial charge in [-0.1, -0.05) is 12.1 Å². The van der Waals surface area contributed by atoms with Crippen LogP contribution in [0.25, 0.3) is 0 Å². The number of amides is 1. The summed E-state index contributed by atoms with van der Waals surface area (Å²) in [6, 6.07) is 4.80. The third-order valence-corrected chi connectivity index (χ3v) is 4.14. The highest BCUT2D eigenvalue weighted by Crippen LogP contribution is 2.34. The maximum Gasteiger partial charge on any atom is 0.418 e. The molecular weight excluding hydrogens is 293 g/mol. The Morgan fingerprint density at radius 2 is 2.05 bits per heavy atom. The highest BCUT2D eigenvalue weighted by atomic mass is 32.2. The summed E-state index contributed by atoms with van der Waals surface area (Å²) in [5.41, 5.74) is 1.71. The van der Waals surface area contributed by atoms with Gasteiger partial charge in [0.15, 0.2) is 5.60 Å². The van der Waals surface area contributed by atoms with Crippen molar-refractivity contribution in [3.63, 3.8) is 0 Å². The second-order valence-corrected chi connectivity index (χ2v) is 5.56. The van der Waals surface area contributed by atoms with Gasteiger partial charge in [0.2, 0.25) is 0 Å². The van der Waals surface area contributed by atoms with Crippen LogP contribution in [0.1, 0.15) is 12.0 Å². The average molecular weight is 306 g/mol. The molecule has 2 rings (SSSR count). The van der Waals surface area contributed by atoms with E-state index in [0.29, 0.717) is 5.75 Å². The Labute approximate surface area is 117 Å². The zero-order chi connectivity index (χ0) is 14.8. The molecule has 0 saturated carbocycles. The van der Waals surface area contributed by atoms with Crippen LogP contribution in [0.3, 0.4) is 0 Å². The number of benzene rings is 1. The van der Waals surface area contributed by atoms with E-state index in [1.165, 1.54) is 30.0 Å². The van der Waals surface area contributed by atoms with Crippen molar-refractivity contribution >= 4 is 23.4 Å². The van der Waals surface area contributed by atoms with Gasteiger partial charge in [-0.05, 0) is 24.3 Å². The van der Waals surface area contributed by atoms with E-state index in [1.54, 1.807) is 0 Å². The topological polar surface area (TPSA) is 61.4 Å². The highest BCUT2D eigenvalue weighted by molar-refractivity contribution is 7.99. The Bertz CT molecular complexity index is 502. The van der Waals surface area contributed by atoms with Gasteiger partial charge in [0.25, 0.3) is 5.91 Å². The first kappa shape index (κ1) is 15.0. The van der Waals surface area contributed by atoms with Gasteiger partial charge in [-0.15, -0.1) is 0 Å². The molecule has 1 atom stereocenters. The zero-order valence-electron chi connectivity index (χ0n) is 10.3. The van der Waals surface area contributed by atoms with Crippen molar-refractivity contribution in [2.45, 2.75) is 18.2 Å². The largest absolute Gasteiger partial charge is 0.418 e. The number of carbonyl (C=O) groups excluding carboxylic acids is 1. The summed E-state index contributed by atoms with van der Waals surface area (Å²) in [5.74, 6) is 0.157.